The highest BCUT2D eigenvalue weighted by molar-refractivity contribution is 6.59. The van der Waals surface area contributed by atoms with Crippen LogP contribution in [0.1, 0.15) is 29.3 Å². The normalized spacial score (nSPS) is 16.9. The quantitative estimate of drug-likeness (QED) is 0.544. The number of benzene rings is 2. The van der Waals surface area contributed by atoms with Crippen LogP contribution in [0.5, 0.6) is 0 Å². The van der Waals surface area contributed by atoms with Gasteiger partial charge in [0.05, 0.1) is 18.9 Å². The summed E-state index contributed by atoms with van der Waals surface area (Å²) in [6.07, 6.45) is 0.659. The Morgan fingerprint density at radius 3 is 2.81 bits per heavy atom. The van der Waals surface area contributed by atoms with Gasteiger partial charge in [-0.15, -0.1) is 0 Å². The highest BCUT2D eigenvalue weighted by Gasteiger charge is 2.34. The molecule has 5 rings (SSSR count). The molecule has 158 valence electrons. The van der Waals surface area contributed by atoms with E-state index in [1.165, 1.54) is 12.1 Å². The van der Waals surface area contributed by atoms with Gasteiger partial charge >= 0.3 is 7.12 Å². The van der Waals surface area contributed by atoms with Crippen molar-refractivity contribution in [3.8, 4) is 0 Å². The minimum absolute atomic E-state index is 0.0475. The Kier molecular flexibility index (Phi) is 5.09. The fourth-order valence-electron chi connectivity index (χ4n) is 4.34. The van der Waals surface area contributed by atoms with Crippen LogP contribution in [-0.2, 0) is 30.9 Å². The molecule has 3 N–H and O–H groups in total. The highest BCUT2D eigenvalue weighted by Crippen LogP contribution is 2.38. The molecule has 2 aliphatic rings. The number of hydrogen-bond acceptors (Lipinski definition) is 7. The van der Waals surface area contributed by atoms with Crippen LogP contribution in [0.25, 0.3) is 0 Å². The zero-order valence-corrected chi connectivity index (χ0v) is 17.0. The van der Waals surface area contributed by atoms with E-state index in [1.807, 2.05) is 17.0 Å². The number of hydrogen-bond donors (Lipinski definition) is 3. The predicted molar refractivity (Wildman–Crippen MR) is 116 cm³/mol. The Balaban J connectivity index is 1.51. The minimum atomic E-state index is -1.53. The van der Waals surface area contributed by atoms with Crippen LogP contribution in [0, 0.1) is 5.82 Å². The van der Waals surface area contributed by atoms with Crippen molar-refractivity contribution in [3.63, 3.8) is 0 Å². The smallest absolute Gasteiger partial charge is 0.423 e. The van der Waals surface area contributed by atoms with E-state index in [0.717, 1.165) is 28.1 Å². The zero-order chi connectivity index (χ0) is 21.5. The second kappa shape index (κ2) is 7.92. The molecule has 0 saturated heterocycles. The van der Waals surface area contributed by atoms with Crippen molar-refractivity contribution in [1.82, 2.24) is 9.97 Å². The van der Waals surface area contributed by atoms with Gasteiger partial charge in [0.2, 0.25) is 5.95 Å². The van der Waals surface area contributed by atoms with Gasteiger partial charge in [-0.25, -0.2) is 9.37 Å². The molecule has 7 nitrogen and oxygen atoms in total. The Labute approximate surface area is 179 Å². The number of aromatic nitrogens is 2. The number of halogens is 1. The van der Waals surface area contributed by atoms with Crippen molar-refractivity contribution in [2.75, 3.05) is 10.2 Å². The number of anilines is 3. The van der Waals surface area contributed by atoms with Gasteiger partial charge in [0.15, 0.2) is 0 Å². The van der Waals surface area contributed by atoms with E-state index in [4.69, 9.17) is 14.7 Å². The average Bonchev–Trinajstić information content (AvgIpc) is 3.35. The zero-order valence-electron chi connectivity index (χ0n) is 17.0. The number of ether oxygens (including phenoxy) is 1. The summed E-state index contributed by atoms with van der Waals surface area (Å²) in [7, 11) is -1.53. The first kappa shape index (κ1) is 19.9. The molecule has 0 bridgehead atoms. The number of fused-ring (bicyclic) bond motifs is 2. The maximum Gasteiger partial charge on any atom is 0.488 e. The van der Waals surface area contributed by atoms with E-state index in [1.54, 1.807) is 18.2 Å². The maximum absolute atomic E-state index is 13.5. The van der Waals surface area contributed by atoms with Crippen molar-refractivity contribution in [3.05, 3.63) is 70.7 Å². The molecule has 0 saturated carbocycles. The van der Waals surface area contributed by atoms with Crippen LogP contribution in [-0.4, -0.2) is 33.2 Å². The molecule has 9 heteroatoms. The second-order valence-corrected chi connectivity index (χ2v) is 7.92. The second-order valence-electron chi connectivity index (χ2n) is 7.92. The third-order valence-corrected chi connectivity index (χ3v) is 5.80. The van der Waals surface area contributed by atoms with E-state index in [-0.39, 0.29) is 11.9 Å². The van der Waals surface area contributed by atoms with Crippen molar-refractivity contribution in [1.29, 1.82) is 0 Å². The van der Waals surface area contributed by atoms with E-state index < -0.39 is 7.12 Å². The van der Waals surface area contributed by atoms with E-state index >= 15 is 0 Å². The Hall–Kier alpha value is -3.01. The number of rotatable bonds is 5. The van der Waals surface area contributed by atoms with Crippen LogP contribution >= 0.6 is 0 Å². The lowest BCUT2D eigenvalue weighted by atomic mass is 9.76. The van der Waals surface area contributed by atoms with Gasteiger partial charge in [-0.2, -0.15) is 4.98 Å². The van der Waals surface area contributed by atoms with Crippen LogP contribution in [0.2, 0.25) is 0 Å². The molecule has 0 amide bonds. The number of nitrogens with one attached hydrogen (secondary N) is 1. The Morgan fingerprint density at radius 1 is 1.16 bits per heavy atom. The first-order valence-electron chi connectivity index (χ1n) is 10.2. The first-order valence-corrected chi connectivity index (χ1v) is 10.2. The molecule has 0 aliphatic carbocycles. The van der Waals surface area contributed by atoms with E-state index in [9.17, 15) is 14.4 Å². The molecule has 1 atom stereocenters. The lowest BCUT2D eigenvalue weighted by molar-refractivity contribution is 0.133. The molecule has 0 fully saturated rings. The molecule has 31 heavy (non-hydrogen) atoms. The van der Waals surface area contributed by atoms with Crippen LogP contribution < -0.4 is 15.7 Å². The van der Waals surface area contributed by atoms with Gasteiger partial charge in [0.25, 0.3) is 0 Å². The van der Waals surface area contributed by atoms with Crippen molar-refractivity contribution >= 4 is 30.0 Å². The molecular formula is C22H22BFN4O3. The fraction of sp³-hybridized carbons (Fsp3) is 0.273. The lowest BCUT2D eigenvalue weighted by Crippen LogP contribution is -2.32. The monoisotopic (exact) mass is 420 g/mol. The maximum atomic E-state index is 13.5. The van der Waals surface area contributed by atoms with Crippen LogP contribution in [0.4, 0.5) is 21.8 Å². The fourth-order valence-corrected chi connectivity index (χ4v) is 4.34. The molecule has 0 radical (unpaired) electrons. The third kappa shape index (κ3) is 3.65. The van der Waals surface area contributed by atoms with Crippen LogP contribution in [0.3, 0.4) is 0 Å². The molecule has 1 unspecified atom stereocenters. The first-order chi connectivity index (χ1) is 15.0. The molecule has 2 aromatic carbocycles. The summed E-state index contributed by atoms with van der Waals surface area (Å²) in [5.41, 5.74) is 4.81. The van der Waals surface area contributed by atoms with Crippen molar-refractivity contribution < 1.29 is 19.2 Å². The summed E-state index contributed by atoms with van der Waals surface area (Å²) in [5.74, 6) is 0.920. The van der Waals surface area contributed by atoms with Gasteiger partial charge in [0.1, 0.15) is 11.6 Å². The van der Waals surface area contributed by atoms with Crippen molar-refractivity contribution in [2.45, 2.75) is 39.1 Å². The summed E-state index contributed by atoms with van der Waals surface area (Å²) in [6.45, 7) is 3.31. The van der Waals surface area contributed by atoms with Gasteiger partial charge < -0.3 is 25.0 Å². The van der Waals surface area contributed by atoms with Crippen molar-refractivity contribution in [2.24, 2.45) is 0 Å². The van der Waals surface area contributed by atoms with Gasteiger partial charge in [-0.05, 0) is 48.1 Å². The minimum Gasteiger partial charge on any atom is -0.423 e. The Bertz CT molecular complexity index is 1140. The molecule has 3 aromatic rings. The highest BCUT2D eigenvalue weighted by atomic mass is 19.1. The molecule has 1 aromatic heterocycles. The number of nitrogens with zero attached hydrogens (tertiary/aromatic N) is 3. The topological polar surface area (TPSA) is 90.7 Å². The van der Waals surface area contributed by atoms with Gasteiger partial charge in [-0.1, -0.05) is 24.3 Å². The molecular weight excluding hydrogens is 398 g/mol. The van der Waals surface area contributed by atoms with Gasteiger partial charge in [-0.3, -0.25) is 0 Å². The standard InChI is InChI=1S/C22H22BFN4O3/c1-13-8-16-18(23(29)30)6-3-7-20(16)28(13)22-26-19-12-31-11-17(19)21(27-22)25-10-14-4-2-5-15(24)9-14/h2-7,9,13,29-30H,8,10-12H2,1H3,(H,25,26,27). The van der Waals surface area contributed by atoms with Gasteiger partial charge in [0, 0.05) is 23.8 Å². The Morgan fingerprint density at radius 2 is 2.00 bits per heavy atom. The lowest BCUT2D eigenvalue weighted by Gasteiger charge is -2.24. The summed E-state index contributed by atoms with van der Waals surface area (Å²) in [4.78, 5) is 11.6. The van der Waals surface area contributed by atoms with Crippen LogP contribution in [0.15, 0.2) is 42.5 Å². The largest absolute Gasteiger partial charge is 0.488 e. The molecule has 0 spiro atoms. The summed E-state index contributed by atoms with van der Waals surface area (Å²) in [5, 5.41) is 22.8. The molecule has 2 aliphatic heterocycles. The SMILES string of the molecule is CC1Cc2c(B(O)O)cccc2N1c1nc2c(c(NCc3cccc(F)c3)n1)COC2. The van der Waals surface area contributed by atoms with E-state index in [0.29, 0.717) is 43.4 Å². The molecule has 3 heterocycles. The summed E-state index contributed by atoms with van der Waals surface area (Å²) in [6, 6.07) is 12.0. The predicted octanol–water partition coefficient (Wildman–Crippen LogP) is 2.02. The summed E-state index contributed by atoms with van der Waals surface area (Å²) < 4.78 is 19.1. The van der Waals surface area contributed by atoms with E-state index in [2.05, 4.69) is 12.2 Å². The summed E-state index contributed by atoms with van der Waals surface area (Å²) >= 11 is 0. The third-order valence-electron chi connectivity index (χ3n) is 5.80. The average molecular weight is 420 g/mol.